The average molecular weight is 283 g/mol. The minimum atomic E-state index is 0.383. The molecule has 0 unspecified atom stereocenters. The minimum absolute atomic E-state index is 0.383. The van der Waals surface area contributed by atoms with Crippen LogP contribution in [0.4, 0.5) is 0 Å². The van der Waals surface area contributed by atoms with E-state index < -0.39 is 0 Å². The predicted octanol–water partition coefficient (Wildman–Crippen LogP) is 5.17. The molecule has 0 aliphatic rings. The highest BCUT2D eigenvalue weighted by molar-refractivity contribution is 5.78. The molecule has 1 aromatic carbocycles. The lowest BCUT2D eigenvalue weighted by atomic mass is 9.97. The van der Waals surface area contributed by atoms with Crippen molar-refractivity contribution in [2.45, 2.75) is 65.3 Å². The molecule has 0 aliphatic carbocycles. The summed E-state index contributed by atoms with van der Waals surface area (Å²) >= 11 is 0. The van der Waals surface area contributed by atoms with Crippen molar-refractivity contribution in [1.29, 1.82) is 5.26 Å². The molecule has 1 aromatic heterocycles. The Hall–Kier alpha value is -1.82. The molecule has 112 valence electrons. The van der Waals surface area contributed by atoms with E-state index in [9.17, 15) is 0 Å². The van der Waals surface area contributed by atoms with Crippen molar-refractivity contribution in [3.8, 4) is 6.07 Å². The molecule has 0 bridgehead atoms. The van der Waals surface area contributed by atoms with Crippen LogP contribution in [0.3, 0.4) is 0 Å². The highest BCUT2D eigenvalue weighted by Crippen LogP contribution is 2.31. The maximum Gasteiger partial charge on any atom is 0.113 e. The van der Waals surface area contributed by atoms with Crippen molar-refractivity contribution in [3.05, 3.63) is 29.6 Å². The summed E-state index contributed by atoms with van der Waals surface area (Å²) in [5, 5.41) is 9.08. The number of fused-ring (bicyclic) bond motifs is 1. The lowest BCUT2D eigenvalue weighted by Crippen LogP contribution is -2.11. The van der Waals surface area contributed by atoms with E-state index in [1.54, 1.807) is 0 Å². The molecule has 1 heterocycles. The summed E-state index contributed by atoms with van der Waals surface area (Å²) < 4.78 is 2.35. The summed E-state index contributed by atoms with van der Waals surface area (Å²) in [5.41, 5.74) is 2.79. The molecule has 3 heteroatoms. The van der Waals surface area contributed by atoms with E-state index in [1.807, 2.05) is 18.2 Å². The van der Waals surface area contributed by atoms with Gasteiger partial charge in [-0.25, -0.2) is 4.98 Å². The zero-order valence-electron chi connectivity index (χ0n) is 13.6. The lowest BCUT2D eigenvalue weighted by molar-refractivity contribution is 0.484. The fourth-order valence-electron chi connectivity index (χ4n) is 3.12. The highest BCUT2D eigenvalue weighted by Gasteiger charge is 2.20. The Morgan fingerprint density at radius 1 is 1.19 bits per heavy atom. The first-order valence-corrected chi connectivity index (χ1v) is 8.04. The number of rotatable bonds is 6. The fraction of sp³-hybridized carbons (Fsp3) is 0.556. The first kappa shape index (κ1) is 15.6. The zero-order chi connectivity index (χ0) is 15.4. The quantitative estimate of drug-likeness (QED) is 0.733. The lowest BCUT2D eigenvalue weighted by Gasteiger charge is -2.20. The van der Waals surface area contributed by atoms with Gasteiger partial charge in [-0.1, -0.05) is 26.7 Å². The maximum atomic E-state index is 9.08. The second-order valence-corrected chi connectivity index (χ2v) is 6.02. The SMILES string of the molecule is CCCC(CCC)c1nc2cc(C#N)ccc2n1C(C)C. The number of nitrogens with zero attached hydrogens (tertiary/aromatic N) is 3. The van der Waals surface area contributed by atoms with Crippen LogP contribution in [0.1, 0.15) is 76.7 Å². The van der Waals surface area contributed by atoms with E-state index in [-0.39, 0.29) is 0 Å². The summed E-state index contributed by atoms with van der Waals surface area (Å²) in [5.74, 6) is 1.71. The van der Waals surface area contributed by atoms with E-state index in [0.717, 1.165) is 11.0 Å². The van der Waals surface area contributed by atoms with Gasteiger partial charge in [-0.2, -0.15) is 5.26 Å². The van der Waals surface area contributed by atoms with Gasteiger partial charge in [0.2, 0.25) is 0 Å². The molecular formula is C18H25N3. The fourth-order valence-corrected chi connectivity index (χ4v) is 3.12. The van der Waals surface area contributed by atoms with E-state index in [4.69, 9.17) is 10.2 Å². The predicted molar refractivity (Wildman–Crippen MR) is 87.4 cm³/mol. The maximum absolute atomic E-state index is 9.08. The molecule has 0 amide bonds. The molecule has 0 spiro atoms. The number of hydrogen-bond acceptors (Lipinski definition) is 2. The third-order valence-electron chi connectivity index (χ3n) is 4.00. The van der Waals surface area contributed by atoms with Crippen molar-refractivity contribution in [2.24, 2.45) is 0 Å². The Kier molecular flexibility index (Phi) is 5.01. The van der Waals surface area contributed by atoms with Gasteiger partial charge in [0, 0.05) is 12.0 Å². The number of benzene rings is 1. The molecule has 0 saturated carbocycles. The Morgan fingerprint density at radius 3 is 2.38 bits per heavy atom. The van der Waals surface area contributed by atoms with E-state index >= 15 is 0 Å². The monoisotopic (exact) mass is 283 g/mol. The molecule has 0 saturated heterocycles. The van der Waals surface area contributed by atoms with Gasteiger partial charge in [0.15, 0.2) is 0 Å². The van der Waals surface area contributed by atoms with Crippen LogP contribution in [0.2, 0.25) is 0 Å². The molecule has 0 atom stereocenters. The van der Waals surface area contributed by atoms with Crippen LogP contribution in [0.25, 0.3) is 11.0 Å². The third kappa shape index (κ3) is 3.10. The molecule has 21 heavy (non-hydrogen) atoms. The Labute approximate surface area is 127 Å². The average Bonchev–Trinajstić information content (AvgIpc) is 2.85. The van der Waals surface area contributed by atoms with Crippen LogP contribution in [0, 0.1) is 11.3 Å². The summed E-state index contributed by atoms with van der Waals surface area (Å²) in [4.78, 5) is 4.89. The van der Waals surface area contributed by atoms with Gasteiger partial charge in [0.1, 0.15) is 5.82 Å². The van der Waals surface area contributed by atoms with Gasteiger partial charge in [-0.15, -0.1) is 0 Å². The molecule has 2 rings (SSSR count). The van der Waals surface area contributed by atoms with Crippen LogP contribution < -0.4 is 0 Å². The smallest absolute Gasteiger partial charge is 0.113 e. The summed E-state index contributed by atoms with van der Waals surface area (Å²) in [7, 11) is 0. The Bertz CT molecular complexity index is 640. The molecule has 0 N–H and O–H groups in total. The first-order chi connectivity index (χ1) is 10.1. The van der Waals surface area contributed by atoms with Crippen molar-refractivity contribution in [1.82, 2.24) is 9.55 Å². The minimum Gasteiger partial charge on any atom is -0.325 e. The standard InChI is InChI=1S/C18H25N3/c1-5-7-15(8-6-2)18-20-16-11-14(12-19)9-10-17(16)21(18)13(3)4/h9-11,13,15H,5-8H2,1-4H3. The van der Waals surface area contributed by atoms with Crippen LogP contribution in [-0.2, 0) is 0 Å². The number of aromatic nitrogens is 2. The molecule has 2 aromatic rings. The van der Waals surface area contributed by atoms with Gasteiger partial charge < -0.3 is 4.57 Å². The second-order valence-electron chi connectivity index (χ2n) is 6.02. The number of imidazole rings is 1. The van der Waals surface area contributed by atoms with Crippen LogP contribution in [0.15, 0.2) is 18.2 Å². The van der Waals surface area contributed by atoms with Gasteiger partial charge in [-0.3, -0.25) is 0 Å². The normalized spacial score (nSPS) is 11.5. The van der Waals surface area contributed by atoms with Crippen LogP contribution in [-0.4, -0.2) is 9.55 Å². The summed E-state index contributed by atoms with van der Waals surface area (Å²) in [6.45, 7) is 8.88. The topological polar surface area (TPSA) is 41.6 Å². The Balaban J connectivity index is 2.60. The molecular weight excluding hydrogens is 258 g/mol. The summed E-state index contributed by atoms with van der Waals surface area (Å²) in [6.07, 6.45) is 4.70. The third-order valence-corrected chi connectivity index (χ3v) is 4.00. The van der Waals surface area contributed by atoms with Gasteiger partial charge in [-0.05, 0) is 44.9 Å². The van der Waals surface area contributed by atoms with Crippen molar-refractivity contribution in [2.75, 3.05) is 0 Å². The molecule has 0 fully saturated rings. The molecule has 0 radical (unpaired) electrons. The number of nitriles is 1. The van der Waals surface area contributed by atoms with Gasteiger partial charge in [0.05, 0.1) is 22.7 Å². The van der Waals surface area contributed by atoms with Crippen LogP contribution >= 0.6 is 0 Å². The van der Waals surface area contributed by atoms with E-state index in [1.165, 1.54) is 31.5 Å². The molecule has 3 nitrogen and oxygen atoms in total. The van der Waals surface area contributed by atoms with Gasteiger partial charge >= 0.3 is 0 Å². The largest absolute Gasteiger partial charge is 0.325 e. The van der Waals surface area contributed by atoms with Crippen molar-refractivity contribution < 1.29 is 0 Å². The highest BCUT2D eigenvalue weighted by atomic mass is 15.1. The van der Waals surface area contributed by atoms with E-state index in [0.29, 0.717) is 17.5 Å². The zero-order valence-corrected chi connectivity index (χ0v) is 13.6. The summed E-state index contributed by atoms with van der Waals surface area (Å²) in [6, 6.07) is 8.43. The van der Waals surface area contributed by atoms with E-state index in [2.05, 4.69) is 38.3 Å². The number of hydrogen-bond donors (Lipinski definition) is 0. The molecule has 0 aliphatic heterocycles. The van der Waals surface area contributed by atoms with Gasteiger partial charge in [0.25, 0.3) is 0 Å². The Morgan fingerprint density at radius 2 is 1.86 bits per heavy atom. The van der Waals surface area contributed by atoms with Crippen molar-refractivity contribution >= 4 is 11.0 Å². The first-order valence-electron chi connectivity index (χ1n) is 8.04. The van der Waals surface area contributed by atoms with Crippen LogP contribution in [0.5, 0.6) is 0 Å². The van der Waals surface area contributed by atoms with Crippen molar-refractivity contribution in [3.63, 3.8) is 0 Å². The second kappa shape index (κ2) is 6.76.